The average molecular weight is 442 g/mol. The number of rotatable bonds is 4. The van der Waals surface area contributed by atoms with E-state index in [1.165, 1.54) is 24.8 Å². The van der Waals surface area contributed by atoms with Crippen LogP contribution in [0, 0.1) is 11.8 Å². The molecule has 4 heteroatoms. The maximum absolute atomic E-state index is 12.5. The molecular weight excluding hydrogens is 414 g/mol. The zero-order valence-electron chi connectivity index (χ0n) is 16.3. The fourth-order valence-electron chi connectivity index (χ4n) is 5.40. The lowest BCUT2D eigenvalue weighted by Gasteiger charge is -2.53. The Balaban J connectivity index is 1.47. The molecular formula is C24H28BrNO2. The number of carbonyl (C=O) groups is 1. The summed E-state index contributed by atoms with van der Waals surface area (Å²) < 4.78 is 5.49. The molecule has 2 fully saturated rings. The Morgan fingerprint density at radius 1 is 1.07 bits per heavy atom. The molecule has 2 aliphatic carbocycles. The van der Waals surface area contributed by atoms with Crippen molar-refractivity contribution in [1.82, 2.24) is 5.32 Å². The lowest BCUT2D eigenvalue weighted by atomic mass is 9.55. The van der Waals surface area contributed by atoms with Crippen LogP contribution in [-0.4, -0.2) is 17.0 Å². The minimum Gasteiger partial charge on any atom is -0.445 e. The highest BCUT2D eigenvalue weighted by Crippen LogP contribution is 2.53. The van der Waals surface area contributed by atoms with Gasteiger partial charge in [-0.25, -0.2) is 4.79 Å². The molecule has 1 N–H and O–H groups in total. The Morgan fingerprint density at radius 3 is 2.46 bits per heavy atom. The molecule has 0 radical (unpaired) electrons. The van der Waals surface area contributed by atoms with Gasteiger partial charge in [0, 0.05) is 10.9 Å². The molecule has 0 aliphatic heterocycles. The highest BCUT2D eigenvalue weighted by Gasteiger charge is 2.50. The van der Waals surface area contributed by atoms with E-state index in [1.807, 2.05) is 30.3 Å². The van der Waals surface area contributed by atoms with Crippen LogP contribution in [-0.2, 0) is 16.8 Å². The number of ether oxygens (including phenoxy) is 1. The first kappa shape index (κ1) is 19.5. The number of alkyl halides is 1. The van der Waals surface area contributed by atoms with Crippen LogP contribution in [0.1, 0.15) is 43.7 Å². The van der Waals surface area contributed by atoms with E-state index < -0.39 is 0 Å². The molecule has 0 heterocycles. The SMILES string of the molecule is CC1CC2CC(c3ccccc3)(C1)CC(NC(=O)OCc1ccccc1)C2Br. The molecule has 0 aromatic heterocycles. The van der Waals surface area contributed by atoms with Gasteiger partial charge in [0.2, 0.25) is 0 Å². The predicted molar refractivity (Wildman–Crippen MR) is 116 cm³/mol. The van der Waals surface area contributed by atoms with Crippen molar-refractivity contribution in [3.63, 3.8) is 0 Å². The van der Waals surface area contributed by atoms with Crippen LogP contribution in [0.15, 0.2) is 60.7 Å². The molecule has 5 unspecified atom stereocenters. The van der Waals surface area contributed by atoms with Crippen LogP contribution in [0.3, 0.4) is 0 Å². The van der Waals surface area contributed by atoms with Crippen molar-refractivity contribution in [3.05, 3.63) is 71.8 Å². The summed E-state index contributed by atoms with van der Waals surface area (Å²) in [4.78, 5) is 12.8. The van der Waals surface area contributed by atoms with E-state index in [4.69, 9.17) is 4.74 Å². The number of benzene rings is 2. The Kier molecular flexibility index (Phi) is 5.77. The Bertz CT molecular complexity index is 797. The fourth-order valence-corrected chi connectivity index (χ4v) is 6.12. The van der Waals surface area contributed by atoms with Crippen LogP contribution in [0.2, 0.25) is 0 Å². The van der Waals surface area contributed by atoms with Gasteiger partial charge in [0.25, 0.3) is 0 Å². The minimum absolute atomic E-state index is 0.0785. The molecule has 2 saturated carbocycles. The summed E-state index contributed by atoms with van der Waals surface area (Å²) in [7, 11) is 0. The normalized spacial score (nSPS) is 31.8. The van der Waals surface area contributed by atoms with Gasteiger partial charge < -0.3 is 10.1 Å². The van der Waals surface area contributed by atoms with Crippen LogP contribution in [0.5, 0.6) is 0 Å². The fraction of sp³-hybridized carbons (Fsp3) is 0.458. The van der Waals surface area contributed by atoms with Gasteiger partial charge in [-0.05, 0) is 54.1 Å². The number of halogens is 1. The largest absolute Gasteiger partial charge is 0.445 e. The molecule has 4 rings (SSSR count). The molecule has 28 heavy (non-hydrogen) atoms. The van der Waals surface area contributed by atoms with Crippen molar-refractivity contribution in [3.8, 4) is 0 Å². The maximum atomic E-state index is 12.5. The molecule has 0 spiro atoms. The summed E-state index contributed by atoms with van der Waals surface area (Å²) in [6, 6.07) is 20.8. The third-order valence-electron chi connectivity index (χ3n) is 6.44. The van der Waals surface area contributed by atoms with E-state index in [9.17, 15) is 4.79 Å². The summed E-state index contributed by atoms with van der Waals surface area (Å²) in [6.07, 6.45) is 4.21. The van der Waals surface area contributed by atoms with E-state index in [-0.39, 0.29) is 22.4 Å². The van der Waals surface area contributed by atoms with Gasteiger partial charge in [0.1, 0.15) is 6.61 Å². The third-order valence-corrected chi connectivity index (χ3v) is 7.83. The first-order valence-corrected chi connectivity index (χ1v) is 11.1. The first-order valence-electron chi connectivity index (χ1n) is 10.2. The third kappa shape index (κ3) is 4.12. The van der Waals surface area contributed by atoms with Crippen molar-refractivity contribution in [1.29, 1.82) is 0 Å². The first-order chi connectivity index (χ1) is 13.6. The zero-order chi connectivity index (χ0) is 19.6. The van der Waals surface area contributed by atoms with Gasteiger partial charge in [0.05, 0.1) is 0 Å². The monoisotopic (exact) mass is 441 g/mol. The molecule has 148 valence electrons. The summed E-state index contributed by atoms with van der Waals surface area (Å²) >= 11 is 3.92. The number of alkyl carbamates (subject to hydrolysis) is 1. The van der Waals surface area contributed by atoms with E-state index in [0.717, 1.165) is 12.0 Å². The molecule has 5 atom stereocenters. The standard InChI is InChI=1S/C24H28BrNO2/c1-17-12-19-14-24(13-17,20-10-6-3-7-11-20)15-21(22(19)25)26-23(27)28-16-18-8-4-2-5-9-18/h2-11,17,19,21-22H,12-16H2,1H3,(H,26,27). The van der Waals surface area contributed by atoms with Crippen LogP contribution in [0.4, 0.5) is 4.79 Å². The van der Waals surface area contributed by atoms with E-state index in [1.54, 1.807) is 0 Å². The van der Waals surface area contributed by atoms with Gasteiger partial charge >= 0.3 is 6.09 Å². The van der Waals surface area contributed by atoms with Gasteiger partial charge in [-0.2, -0.15) is 0 Å². The lowest BCUT2D eigenvalue weighted by Crippen LogP contribution is -2.56. The molecule has 2 aromatic carbocycles. The summed E-state index contributed by atoms with van der Waals surface area (Å²) in [6.45, 7) is 2.67. The molecule has 0 saturated heterocycles. The molecule has 2 bridgehead atoms. The summed E-state index contributed by atoms with van der Waals surface area (Å²) in [5.74, 6) is 1.27. The van der Waals surface area contributed by atoms with E-state index >= 15 is 0 Å². The van der Waals surface area contributed by atoms with Crippen molar-refractivity contribution >= 4 is 22.0 Å². The molecule has 3 nitrogen and oxygen atoms in total. The van der Waals surface area contributed by atoms with Crippen LogP contribution < -0.4 is 5.32 Å². The van der Waals surface area contributed by atoms with Gasteiger partial charge in [-0.1, -0.05) is 83.5 Å². The molecule has 2 aliphatic rings. The number of amides is 1. The Labute approximate surface area is 176 Å². The van der Waals surface area contributed by atoms with Gasteiger partial charge in [-0.15, -0.1) is 0 Å². The second kappa shape index (κ2) is 8.28. The summed E-state index contributed by atoms with van der Waals surface area (Å²) in [5, 5.41) is 3.17. The van der Waals surface area contributed by atoms with Crippen LogP contribution >= 0.6 is 15.9 Å². The summed E-state index contributed by atoms with van der Waals surface area (Å²) in [5.41, 5.74) is 2.56. The Morgan fingerprint density at radius 2 is 1.75 bits per heavy atom. The number of fused-ring (bicyclic) bond motifs is 2. The average Bonchev–Trinajstić information content (AvgIpc) is 2.71. The number of nitrogens with one attached hydrogen (secondary N) is 1. The van der Waals surface area contributed by atoms with Crippen molar-refractivity contribution in [2.24, 2.45) is 11.8 Å². The van der Waals surface area contributed by atoms with Gasteiger partial charge in [0.15, 0.2) is 0 Å². The lowest BCUT2D eigenvalue weighted by molar-refractivity contribution is 0.0844. The van der Waals surface area contributed by atoms with E-state index in [2.05, 4.69) is 58.5 Å². The van der Waals surface area contributed by atoms with Gasteiger partial charge in [-0.3, -0.25) is 0 Å². The van der Waals surface area contributed by atoms with Crippen molar-refractivity contribution in [2.75, 3.05) is 0 Å². The zero-order valence-corrected chi connectivity index (χ0v) is 17.9. The second-order valence-corrected chi connectivity index (χ2v) is 9.67. The quantitative estimate of drug-likeness (QED) is 0.606. The van der Waals surface area contributed by atoms with Crippen LogP contribution in [0.25, 0.3) is 0 Å². The minimum atomic E-state index is -0.325. The Hall–Kier alpha value is -1.81. The van der Waals surface area contributed by atoms with Crippen molar-refractivity contribution < 1.29 is 9.53 Å². The maximum Gasteiger partial charge on any atom is 0.407 e. The number of hydrogen-bond acceptors (Lipinski definition) is 2. The smallest absolute Gasteiger partial charge is 0.407 e. The molecule has 2 aromatic rings. The van der Waals surface area contributed by atoms with Crippen molar-refractivity contribution in [2.45, 2.75) is 55.5 Å². The second-order valence-electron chi connectivity index (χ2n) is 8.62. The highest BCUT2D eigenvalue weighted by molar-refractivity contribution is 9.09. The highest BCUT2D eigenvalue weighted by atomic mass is 79.9. The van der Waals surface area contributed by atoms with E-state index in [0.29, 0.717) is 18.4 Å². The molecule has 1 amide bonds. The predicted octanol–water partition coefficient (Wildman–Crippen LogP) is 5.82. The number of carbonyl (C=O) groups excluding carboxylic acids is 1. The number of hydrogen-bond donors (Lipinski definition) is 1. The topological polar surface area (TPSA) is 38.3 Å².